The highest BCUT2D eigenvalue weighted by molar-refractivity contribution is 7.90. The molecule has 1 fully saturated rings. The Bertz CT molecular complexity index is 1300. The van der Waals surface area contributed by atoms with Crippen LogP contribution >= 0.6 is 0 Å². The molecule has 4 nitrogen and oxygen atoms in total. The van der Waals surface area contributed by atoms with Gasteiger partial charge in [0.05, 0.1) is 10.8 Å². The fraction of sp³-hybridized carbons (Fsp3) is 0.417. The normalized spacial score (nSPS) is 15.4. The van der Waals surface area contributed by atoms with Crippen molar-refractivity contribution < 1.29 is 26.0 Å². The van der Waals surface area contributed by atoms with Gasteiger partial charge in [0.25, 0.3) is 0 Å². The SMILES string of the molecule is CC(C)(C)Cn1cc(CNS(=O)(=O)C2CC2)c2cc(F)c(-c3ccccc3C(F)(F)F)cc21. The standard InChI is InChI=1S/C24H26F4N2O2S/c1-23(2,3)14-30-13-15(12-29-33(31,32)16-8-9-16)18-10-21(25)19(11-22(18)30)17-6-4-5-7-20(17)24(26,27)28/h4-7,10-11,13,16,29H,8-9,12,14H2,1-3H3. The van der Waals surface area contributed by atoms with Crippen LogP contribution in [0.15, 0.2) is 42.6 Å². The first-order chi connectivity index (χ1) is 15.3. The number of rotatable bonds is 6. The third-order valence-electron chi connectivity index (χ3n) is 5.65. The molecule has 178 valence electrons. The number of nitrogens with zero attached hydrogens (tertiary/aromatic N) is 1. The Hall–Kier alpha value is -2.39. The lowest BCUT2D eigenvalue weighted by Gasteiger charge is -2.20. The average molecular weight is 483 g/mol. The van der Waals surface area contributed by atoms with Crippen molar-refractivity contribution in [3.05, 3.63) is 59.5 Å². The molecule has 4 rings (SSSR count). The van der Waals surface area contributed by atoms with Gasteiger partial charge in [0.15, 0.2) is 0 Å². The molecule has 1 N–H and O–H groups in total. The van der Waals surface area contributed by atoms with Gasteiger partial charge in [-0.05, 0) is 47.6 Å². The number of halogens is 4. The molecule has 0 saturated heterocycles. The first-order valence-corrected chi connectivity index (χ1v) is 12.3. The Kier molecular flexibility index (Phi) is 5.85. The number of fused-ring (bicyclic) bond motifs is 1. The largest absolute Gasteiger partial charge is 0.417 e. The van der Waals surface area contributed by atoms with Crippen LogP contribution in [0.2, 0.25) is 0 Å². The van der Waals surface area contributed by atoms with Crippen LogP contribution in [0.4, 0.5) is 17.6 Å². The van der Waals surface area contributed by atoms with Crippen molar-refractivity contribution in [3.8, 4) is 11.1 Å². The molecule has 2 aromatic carbocycles. The molecular formula is C24H26F4N2O2S. The first kappa shape index (κ1) is 23.8. The van der Waals surface area contributed by atoms with Gasteiger partial charge in [-0.25, -0.2) is 17.5 Å². The van der Waals surface area contributed by atoms with Crippen LogP contribution in [-0.2, 0) is 29.3 Å². The fourth-order valence-corrected chi connectivity index (χ4v) is 5.36. The molecule has 1 aliphatic carbocycles. The van der Waals surface area contributed by atoms with Crippen molar-refractivity contribution in [2.75, 3.05) is 0 Å². The minimum absolute atomic E-state index is 0.00952. The number of alkyl halides is 3. The zero-order chi connectivity index (χ0) is 24.2. The van der Waals surface area contributed by atoms with Crippen molar-refractivity contribution >= 4 is 20.9 Å². The second-order valence-corrected chi connectivity index (χ2v) is 11.8. The van der Waals surface area contributed by atoms with E-state index in [1.54, 1.807) is 6.20 Å². The van der Waals surface area contributed by atoms with Gasteiger partial charge in [-0.2, -0.15) is 13.2 Å². The summed E-state index contributed by atoms with van der Waals surface area (Å²) in [6.45, 7) is 6.54. The number of hydrogen-bond acceptors (Lipinski definition) is 2. The van der Waals surface area contributed by atoms with E-state index in [9.17, 15) is 21.6 Å². The number of sulfonamides is 1. The first-order valence-electron chi connectivity index (χ1n) is 10.7. The van der Waals surface area contributed by atoms with Gasteiger partial charge in [-0.3, -0.25) is 0 Å². The van der Waals surface area contributed by atoms with Crippen molar-refractivity contribution in [1.82, 2.24) is 9.29 Å². The molecule has 9 heteroatoms. The molecule has 0 unspecified atom stereocenters. The van der Waals surface area contributed by atoms with E-state index in [1.807, 2.05) is 25.3 Å². The molecule has 1 aliphatic rings. The van der Waals surface area contributed by atoms with Crippen LogP contribution in [0, 0.1) is 11.2 Å². The molecule has 1 saturated carbocycles. The van der Waals surface area contributed by atoms with E-state index in [0.29, 0.717) is 35.9 Å². The summed E-state index contributed by atoms with van der Waals surface area (Å²) in [5, 5.41) is 0.0890. The number of aromatic nitrogens is 1. The molecule has 3 aromatic rings. The maximum absolute atomic E-state index is 15.2. The smallest absolute Gasteiger partial charge is 0.347 e. The summed E-state index contributed by atoms with van der Waals surface area (Å²) >= 11 is 0. The lowest BCUT2D eigenvalue weighted by molar-refractivity contribution is -0.137. The molecule has 0 atom stereocenters. The van der Waals surface area contributed by atoms with Crippen molar-refractivity contribution in [1.29, 1.82) is 0 Å². The lowest BCUT2D eigenvalue weighted by atomic mass is 9.96. The van der Waals surface area contributed by atoms with E-state index in [-0.39, 0.29) is 28.3 Å². The Morgan fingerprint density at radius 3 is 2.33 bits per heavy atom. The van der Waals surface area contributed by atoms with Crippen molar-refractivity contribution in [3.63, 3.8) is 0 Å². The predicted molar refractivity (Wildman–Crippen MR) is 121 cm³/mol. The Balaban J connectivity index is 1.84. The van der Waals surface area contributed by atoms with E-state index in [4.69, 9.17) is 0 Å². The second-order valence-electron chi connectivity index (χ2n) is 9.80. The summed E-state index contributed by atoms with van der Waals surface area (Å²) in [4.78, 5) is 0. The minimum Gasteiger partial charge on any atom is -0.347 e. The van der Waals surface area contributed by atoms with Gasteiger partial charge in [-0.15, -0.1) is 0 Å². The van der Waals surface area contributed by atoms with E-state index in [1.165, 1.54) is 30.3 Å². The second kappa shape index (κ2) is 8.13. The molecular weight excluding hydrogens is 456 g/mol. The molecule has 1 heterocycles. The van der Waals surface area contributed by atoms with E-state index in [2.05, 4.69) is 4.72 Å². The number of benzene rings is 2. The zero-order valence-electron chi connectivity index (χ0n) is 18.6. The van der Waals surface area contributed by atoms with Crippen molar-refractivity contribution in [2.24, 2.45) is 5.41 Å². The zero-order valence-corrected chi connectivity index (χ0v) is 19.4. The summed E-state index contributed by atoms with van der Waals surface area (Å²) < 4.78 is 84.9. The van der Waals surface area contributed by atoms with Crippen LogP contribution in [0.1, 0.15) is 44.7 Å². The molecule has 1 aromatic heterocycles. The summed E-state index contributed by atoms with van der Waals surface area (Å²) in [6, 6.07) is 7.55. The average Bonchev–Trinajstić information content (AvgIpc) is 3.50. The van der Waals surface area contributed by atoms with Crippen LogP contribution < -0.4 is 4.72 Å². The van der Waals surface area contributed by atoms with Gasteiger partial charge in [0, 0.05) is 35.8 Å². The molecule has 33 heavy (non-hydrogen) atoms. The molecule has 0 bridgehead atoms. The predicted octanol–water partition coefficient (Wildman–Crippen LogP) is 6.09. The van der Waals surface area contributed by atoms with E-state index < -0.39 is 27.6 Å². The third-order valence-corrected chi connectivity index (χ3v) is 7.54. The summed E-state index contributed by atoms with van der Waals surface area (Å²) in [5.41, 5.74) is -0.325. The van der Waals surface area contributed by atoms with Gasteiger partial charge < -0.3 is 4.57 Å². The van der Waals surface area contributed by atoms with Crippen LogP contribution in [0.5, 0.6) is 0 Å². The highest BCUT2D eigenvalue weighted by Gasteiger charge is 2.36. The number of hydrogen-bond donors (Lipinski definition) is 1. The molecule has 0 amide bonds. The summed E-state index contributed by atoms with van der Waals surface area (Å²) in [6.07, 6.45) is -1.63. The molecule has 0 aliphatic heterocycles. The minimum atomic E-state index is -4.63. The summed E-state index contributed by atoms with van der Waals surface area (Å²) in [5.74, 6) is -0.793. The van der Waals surface area contributed by atoms with E-state index >= 15 is 4.39 Å². The molecule has 0 spiro atoms. The fourth-order valence-electron chi connectivity index (χ4n) is 4.01. The van der Waals surface area contributed by atoms with Gasteiger partial charge in [0.1, 0.15) is 5.82 Å². The maximum Gasteiger partial charge on any atom is 0.417 e. The van der Waals surface area contributed by atoms with E-state index in [0.717, 1.165) is 6.07 Å². The highest BCUT2D eigenvalue weighted by Crippen LogP contribution is 2.40. The van der Waals surface area contributed by atoms with Crippen molar-refractivity contribution in [2.45, 2.75) is 58.1 Å². The van der Waals surface area contributed by atoms with Crippen LogP contribution in [-0.4, -0.2) is 18.2 Å². The van der Waals surface area contributed by atoms with Gasteiger partial charge in [0.2, 0.25) is 10.0 Å². The monoisotopic (exact) mass is 482 g/mol. The Morgan fingerprint density at radius 2 is 1.73 bits per heavy atom. The highest BCUT2D eigenvalue weighted by atomic mass is 32.2. The molecule has 0 radical (unpaired) electrons. The van der Waals surface area contributed by atoms with Gasteiger partial charge >= 0.3 is 6.18 Å². The maximum atomic E-state index is 15.2. The Morgan fingerprint density at radius 1 is 1.06 bits per heavy atom. The quantitative estimate of drug-likeness (QED) is 0.432. The van der Waals surface area contributed by atoms with Gasteiger partial charge in [-0.1, -0.05) is 39.0 Å². The third kappa shape index (κ3) is 5.09. The number of nitrogens with one attached hydrogen (secondary N) is 1. The van der Waals surface area contributed by atoms with Crippen LogP contribution in [0.3, 0.4) is 0 Å². The lowest BCUT2D eigenvalue weighted by Crippen LogP contribution is -2.26. The summed E-state index contributed by atoms with van der Waals surface area (Å²) in [7, 11) is -3.44. The Labute approximate surface area is 190 Å². The topological polar surface area (TPSA) is 51.1 Å². The van der Waals surface area contributed by atoms with Crippen LogP contribution in [0.25, 0.3) is 22.0 Å².